The zero-order valence-electron chi connectivity index (χ0n) is 12.7. The number of amides is 1. The van der Waals surface area contributed by atoms with Gasteiger partial charge in [0.2, 0.25) is 0 Å². The van der Waals surface area contributed by atoms with Gasteiger partial charge in [-0.05, 0) is 36.8 Å². The number of nitrogens with zero attached hydrogens (tertiary/aromatic N) is 1. The number of benzene rings is 2. The molecule has 0 fully saturated rings. The summed E-state index contributed by atoms with van der Waals surface area (Å²) < 4.78 is 0.820. The maximum atomic E-state index is 12.2. The standard InChI is InChI=1S/C17H18BrN3O2/c1-2-15(20-14-6-4-3-5-7-14)17(23)21-19-11-12-10-13(18)8-9-16(12)22/h3-11,15,20,22H,2H2,1H3,(H,21,23)/b19-11-/t15-/m1/s1. The summed E-state index contributed by atoms with van der Waals surface area (Å²) in [5.74, 6) is -0.136. The minimum atomic E-state index is -0.384. The van der Waals surface area contributed by atoms with Crippen LogP contribution in [0.3, 0.4) is 0 Å². The molecule has 3 N–H and O–H groups in total. The van der Waals surface area contributed by atoms with E-state index in [-0.39, 0.29) is 17.7 Å². The Balaban J connectivity index is 1.97. The van der Waals surface area contributed by atoms with E-state index in [1.165, 1.54) is 6.21 Å². The van der Waals surface area contributed by atoms with Crippen molar-refractivity contribution in [3.63, 3.8) is 0 Å². The lowest BCUT2D eigenvalue weighted by molar-refractivity contribution is -0.121. The summed E-state index contributed by atoms with van der Waals surface area (Å²) in [5, 5.41) is 16.8. The van der Waals surface area contributed by atoms with Gasteiger partial charge in [-0.1, -0.05) is 41.1 Å². The summed E-state index contributed by atoms with van der Waals surface area (Å²) in [6.07, 6.45) is 2.03. The number of hydrogen-bond donors (Lipinski definition) is 3. The van der Waals surface area contributed by atoms with Crippen molar-refractivity contribution in [2.24, 2.45) is 5.10 Å². The first-order chi connectivity index (χ1) is 11.1. The zero-order valence-corrected chi connectivity index (χ0v) is 14.2. The fourth-order valence-electron chi connectivity index (χ4n) is 1.96. The summed E-state index contributed by atoms with van der Waals surface area (Å²) in [5.41, 5.74) is 3.89. The molecule has 0 saturated carbocycles. The Bertz CT molecular complexity index is 689. The van der Waals surface area contributed by atoms with Gasteiger partial charge in [-0.2, -0.15) is 5.10 Å². The van der Waals surface area contributed by atoms with Crippen molar-refractivity contribution in [3.05, 3.63) is 58.6 Å². The van der Waals surface area contributed by atoms with Crippen LogP contribution >= 0.6 is 15.9 Å². The van der Waals surface area contributed by atoms with Gasteiger partial charge in [0.15, 0.2) is 0 Å². The monoisotopic (exact) mass is 375 g/mol. The molecule has 0 aliphatic heterocycles. The van der Waals surface area contributed by atoms with Crippen molar-refractivity contribution in [1.29, 1.82) is 0 Å². The molecule has 0 spiro atoms. The lowest BCUT2D eigenvalue weighted by atomic mass is 10.2. The largest absolute Gasteiger partial charge is 0.507 e. The average Bonchev–Trinajstić information content (AvgIpc) is 2.56. The summed E-state index contributed by atoms with van der Waals surface area (Å²) in [7, 11) is 0. The highest BCUT2D eigenvalue weighted by Gasteiger charge is 2.15. The van der Waals surface area contributed by atoms with Gasteiger partial charge >= 0.3 is 0 Å². The van der Waals surface area contributed by atoms with Crippen molar-refractivity contribution >= 4 is 33.7 Å². The molecule has 0 unspecified atom stereocenters. The van der Waals surface area contributed by atoms with Gasteiger partial charge in [-0.25, -0.2) is 5.43 Å². The lowest BCUT2D eigenvalue weighted by Crippen LogP contribution is -2.36. The molecule has 0 aliphatic carbocycles. The van der Waals surface area contributed by atoms with Crippen LogP contribution in [-0.4, -0.2) is 23.3 Å². The number of nitrogens with one attached hydrogen (secondary N) is 2. The number of carbonyl (C=O) groups is 1. The molecular weight excluding hydrogens is 358 g/mol. The third-order valence-electron chi connectivity index (χ3n) is 3.21. The molecule has 2 aromatic carbocycles. The molecule has 5 nitrogen and oxygen atoms in total. The second-order valence-electron chi connectivity index (χ2n) is 4.91. The van der Waals surface area contributed by atoms with Gasteiger partial charge in [-0.3, -0.25) is 4.79 Å². The molecule has 0 radical (unpaired) electrons. The van der Waals surface area contributed by atoms with Crippen LogP contribution in [0.4, 0.5) is 5.69 Å². The number of aromatic hydroxyl groups is 1. The predicted octanol–water partition coefficient (Wildman–Crippen LogP) is 3.50. The minimum absolute atomic E-state index is 0.0978. The van der Waals surface area contributed by atoms with Gasteiger partial charge in [0.25, 0.3) is 5.91 Å². The normalized spacial score (nSPS) is 12.1. The smallest absolute Gasteiger partial charge is 0.262 e. The molecular formula is C17H18BrN3O2. The fourth-order valence-corrected chi connectivity index (χ4v) is 2.34. The van der Waals surface area contributed by atoms with E-state index < -0.39 is 0 Å². The Labute approximate surface area is 143 Å². The summed E-state index contributed by atoms with van der Waals surface area (Å²) in [4.78, 5) is 12.2. The first kappa shape index (κ1) is 17.0. The maximum absolute atomic E-state index is 12.2. The average molecular weight is 376 g/mol. The summed E-state index contributed by atoms with van der Waals surface area (Å²) in [6.45, 7) is 1.92. The first-order valence-corrected chi connectivity index (χ1v) is 8.02. The van der Waals surface area contributed by atoms with Crippen molar-refractivity contribution < 1.29 is 9.90 Å². The van der Waals surface area contributed by atoms with Gasteiger partial charge in [0.05, 0.1) is 6.21 Å². The minimum Gasteiger partial charge on any atom is -0.507 e. The van der Waals surface area contributed by atoms with Crippen LogP contribution in [0, 0.1) is 0 Å². The first-order valence-electron chi connectivity index (χ1n) is 7.23. The Hall–Kier alpha value is -2.34. The molecule has 23 heavy (non-hydrogen) atoms. The summed E-state index contributed by atoms with van der Waals surface area (Å²) >= 11 is 3.32. The molecule has 1 atom stereocenters. The number of carbonyl (C=O) groups excluding carboxylic acids is 1. The van der Waals surface area contributed by atoms with Gasteiger partial charge < -0.3 is 10.4 Å². The Kier molecular flexibility index (Phi) is 6.17. The number of rotatable bonds is 6. The molecule has 2 rings (SSSR count). The van der Waals surface area contributed by atoms with Crippen LogP contribution in [0.25, 0.3) is 0 Å². The van der Waals surface area contributed by atoms with Crippen LogP contribution in [0.1, 0.15) is 18.9 Å². The highest BCUT2D eigenvalue weighted by atomic mass is 79.9. The lowest BCUT2D eigenvalue weighted by Gasteiger charge is -2.16. The number of halogens is 1. The number of anilines is 1. The third kappa shape index (κ3) is 5.10. The fraction of sp³-hybridized carbons (Fsp3) is 0.176. The Morgan fingerprint density at radius 3 is 2.74 bits per heavy atom. The summed E-state index contributed by atoms with van der Waals surface area (Å²) in [6, 6.07) is 14.1. The van der Waals surface area contributed by atoms with Gasteiger partial charge in [0.1, 0.15) is 11.8 Å². The highest BCUT2D eigenvalue weighted by molar-refractivity contribution is 9.10. The Morgan fingerprint density at radius 1 is 1.30 bits per heavy atom. The molecule has 0 bridgehead atoms. The van der Waals surface area contributed by atoms with E-state index in [0.29, 0.717) is 12.0 Å². The number of hydrazone groups is 1. The molecule has 120 valence electrons. The van der Waals surface area contributed by atoms with E-state index >= 15 is 0 Å². The molecule has 2 aromatic rings. The van der Waals surface area contributed by atoms with Crippen LogP contribution in [-0.2, 0) is 4.79 Å². The van der Waals surface area contributed by atoms with Gasteiger partial charge in [-0.15, -0.1) is 0 Å². The SMILES string of the molecule is CC[C@@H](Nc1ccccc1)C(=O)N/N=C\c1cc(Br)ccc1O. The van der Waals surface area contributed by atoms with E-state index in [2.05, 4.69) is 31.8 Å². The van der Waals surface area contributed by atoms with E-state index in [9.17, 15) is 9.90 Å². The molecule has 0 aliphatic rings. The third-order valence-corrected chi connectivity index (χ3v) is 3.70. The van der Waals surface area contributed by atoms with Crippen LogP contribution in [0.5, 0.6) is 5.75 Å². The van der Waals surface area contributed by atoms with Crippen LogP contribution < -0.4 is 10.7 Å². The molecule has 0 saturated heterocycles. The van der Waals surface area contributed by atoms with Crippen molar-refractivity contribution in [2.45, 2.75) is 19.4 Å². The second-order valence-corrected chi connectivity index (χ2v) is 5.82. The van der Waals surface area contributed by atoms with E-state index in [1.807, 2.05) is 37.3 Å². The topological polar surface area (TPSA) is 73.7 Å². The van der Waals surface area contributed by atoms with E-state index in [0.717, 1.165) is 10.2 Å². The van der Waals surface area contributed by atoms with Crippen molar-refractivity contribution in [2.75, 3.05) is 5.32 Å². The van der Waals surface area contributed by atoms with E-state index in [1.54, 1.807) is 18.2 Å². The second kappa shape index (κ2) is 8.33. The Morgan fingerprint density at radius 2 is 2.04 bits per heavy atom. The molecule has 6 heteroatoms. The number of hydrogen-bond acceptors (Lipinski definition) is 4. The number of para-hydroxylation sites is 1. The van der Waals surface area contributed by atoms with E-state index in [4.69, 9.17) is 0 Å². The molecule has 0 aromatic heterocycles. The highest BCUT2D eigenvalue weighted by Crippen LogP contribution is 2.19. The van der Waals surface area contributed by atoms with Crippen LogP contribution in [0.15, 0.2) is 58.1 Å². The predicted molar refractivity (Wildman–Crippen MR) is 95.7 cm³/mol. The molecule has 0 heterocycles. The van der Waals surface area contributed by atoms with Gasteiger partial charge in [0, 0.05) is 15.7 Å². The number of phenolic OH excluding ortho intramolecular Hbond substituents is 1. The van der Waals surface area contributed by atoms with Crippen molar-refractivity contribution in [1.82, 2.24) is 5.43 Å². The maximum Gasteiger partial charge on any atom is 0.262 e. The van der Waals surface area contributed by atoms with Crippen molar-refractivity contribution in [3.8, 4) is 5.75 Å². The zero-order chi connectivity index (χ0) is 16.7. The molecule has 1 amide bonds. The van der Waals surface area contributed by atoms with Crippen LogP contribution in [0.2, 0.25) is 0 Å². The quantitative estimate of drug-likeness (QED) is 0.534. The number of phenols is 1.